The predicted octanol–water partition coefficient (Wildman–Crippen LogP) is 6.72. The van der Waals surface area contributed by atoms with Crippen LogP contribution in [0.15, 0.2) is 60.0 Å². The number of thiophene rings is 1. The molecule has 152 valence electrons. The van der Waals surface area contributed by atoms with Crippen LogP contribution in [-0.2, 0) is 12.8 Å². The van der Waals surface area contributed by atoms with Gasteiger partial charge in [0.25, 0.3) is 5.91 Å². The van der Waals surface area contributed by atoms with Crippen molar-refractivity contribution in [2.24, 2.45) is 0 Å². The maximum absolute atomic E-state index is 12.6. The third-order valence-corrected chi connectivity index (χ3v) is 5.28. The van der Waals surface area contributed by atoms with Crippen LogP contribution in [0, 0.1) is 0 Å². The second-order valence-corrected chi connectivity index (χ2v) is 7.77. The van der Waals surface area contributed by atoms with E-state index in [1.54, 1.807) is 6.07 Å². The van der Waals surface area contributed by atoms with Crippen LogP contribution in [0.3, 0.4) is 0 Å². The summed E-state index contributed by atoms with van der Waals surface area (Å²) < 4.78 is 43.6. The molecule has 29 heavy (non-hydrogen) atoms. The van der Waals surface area contributed by atoms with Gasteiger partial charge in [-0.2, -0.15) is 13.2 Å². The van der Waals surface area contributed by atoms with Gasteiger partial charge in [0.15, 0.2) is 0 Å². The van der Waals surface area contributed by atoms with E-state index in [4.69, 9.17) is 4.74 Å². The van der Waals surface area contributed by atoms with Gasteiger partial charge in [-0.25, -0.2) is 0 Å². The molecule has 1 amide bonds. The molecule has 0 spiro atoms. The Balaban J connectivity index is 1.57. The van der Waals surface area contributed by atoms with Crippen molar-refractivity contribution in [3.63, 3.8) is 0 Å². The van der Waals surface area contributed by atoms with E-state index < -0.39 is 11.7 Å². The molecular formula is C22H20F3NO2S. The van der Waals surface area contributed by atoms with Crippen LogP contribution < -0.4 is 10.1 Å². The molecule has 3 aromatic rings. The first kappa shape index (κ1) is 20.9. The summed E-state index contributed by atoms with van der Waals surface area (Å²) in [6, 6.07) is 13.9. The first-order valence-corrected chi connectivity index (χ1v) is 9.89. The van der Waals surface area contributed by atoms with E-state index in [1.165, 1.54) is 29.0 Å². The summed E-state index contributed by atoms with van der Waals surface area (Å²) in [5.74, 6) is 0.824. The van der Waals surface area contributed by atoms with Crippen molar-refractivity contribution in [3.8, 4) is 5.75 Å². The molecule has 1 N–H and O–H groups in total. The molecule has 0 bridgehead atoms. The Labute approximate surface area is 171 Å². The van der Waals surface area contributed by atoms with Gasteiger partial charge in [0, 0.05) is 11.3 Å². The number of hydrogen-bond acceptors (Lipinski definition) is 3. The second-order valence-electron chi connectivity index (χ2n) is 6.86. The summed E-state index contributed by atoms with van der Waals surface area (Å²) >= 11 is 1.25. The van der Waals surface area contributed by atoms with E-state index >= 15 is 0 Å². The Morgan fingerprint density at radius 1 is 1.07 bits per heavy atom. The van der Waals surface area contributed by atoms with Gasteiger partial charge in [0.1, 0.15) is 12.4 Å². The van der Waals surface area contributed by atoms with E-state index in [9.17, 15) is 18.0 Å². The fraction of sp³-hybridized carbons (Fsp3) is 0.227. The minimum atomic E-state index is -4.40. The minimum absolute atomic E-state index is 0.305. The third kappa shape index (κ3) is 5.60. The largest absolute Gasteiger partial charge is 0.489 e. The number of nitrogens with one attached hydrogen (secondary N) is 1. The standard InChI is InChI=1S/C22H20F3NO2S/c1-14(2)16-3-9-19(10-4-16)28-12-15-11-20(29-13-15)21(27)26-18-7-5-17(6-8-18)22(23,24)25/h3-11,13-14H,12H2,1-2H3,(H,26,27). The average molecular weight is 419 g/mol. The predicted molar refractivity (Wildman–Crippen MR) is 109 cm³/mol. The highest BCUT2D eigenvalue weighted by Gasteiger charge is 2.30. The topological polar surface area (TPSA) is 38.3 Å². The molecule has 0 unspecified atom stereocenters. The lowest BCUT2D eigenvalue weighted by Gasteiger charge is -2.08. The number of carbonyl (C=O) groups is 1. The second kappa shape index (κ2) is 8.69. The number of halogens is 3. The highest BCUT2D eigenvalue weighted by atomic mass is 32.1. The van der Waals surface area contributed by atoms with Crippen LogP contribution in [0.5, 0.6) is 5.75 Å². The first-order chi connectivity index (χ1) is 13.7. The van der Waals surface area contributed by atoms with Gasteiger partial charge >= 0.3 is 6.18 Å². The minimum Gasteiger partial charge on any atom is -0.489 e. The van der Waals surface area contributed by atoms with E-state index in [2.05, 4.69) is 19.2 Å². The molecule has 0 fully saturated rings. The number of ether oxygens (including phenoxy) is 1. The van der Waals surface area contributed by atoms with Crippen LogP contribution in [0.4, 0.5) is 18.9 Å². The summed E-state index contributed by atoms with van der Waals surface area (Å²) in [4.78, 5) is 12.8. The van der Waals surface area contributed by atoms with Crippen molar-refractivity contribution in [2.75, 3.05) is 5.32 Å². The summed E-state index contributed by atoms with van der Waals surface area (Å²) in [5.41, 5.74) is 1.63. The van der Waals surface area contributed by atoms with Crippen LogP contribution in [0.2, 0.25) is 0 Å². The molecular weight excluding hydrogens is 399 g/mol. The van der Waals surface area contributed by atoms with Crippen molar-refractivity contribution in [2.45, 2.75) is 32.5 Å². The number of rotatable bonds is 6. The number of alkyl halides is 3. The Hall–Kier alpha value is -2.80. The average Bonchev–Trinajstić information content (AvgIpc) is 3.15. The Morgan fingerprint density at radius 3 is 2.31 bits per heavy atom. The number of amides is 1. The van der Waals surface area contributed by atoms with Crippen LogP contribution >= 0.6 is 11.3 Å². The number of carbonyl (C=O) groups excluding carboxylic acids is 1. The molecule has 0 saturated heterocycles. The Bertz CT molecular complexity index is 961. The molecule has 0 aliphatic heterocycles. The first-order valence-electron chi connectivity index (χ1n) is 9.01. The van der Waals surface area contributed by atoms with Crippen molar-refractivity contribution in [1.29, 1.82) is 0 Å². The van der Waals surface area contributed by atoms with E-state index in [0.717, 1.165) is 23.4 Å². The zero-order chi connectivity index (χ0) is 21.0. The van der Waals surface area contributed by atoms with Crippen LogP contribution in [0.1, 0.15) is 46.1 Å². The Morgan fingerprint density at radius 2 is 1.72 bits per heavy atom. The molecule has 0 saturated carbocycles. The number of anilines is 1. The zero-order valence-corrected chi connectivity index (χ0v) is 16.7. The lowest BCUT2D eigenvalue weighted by molar-refractivity contribution is -0.137. The van der Waals surface area contributed by atoms with Gasteiger partial charge in [-0.15, -0.1) is 11.3 Å². The fourth-order valence-electron chi connectivity index (χ4n) is 2.62. The molecule has 1 heterocycles. The van der Waals surface area contributed by atoms with Crippen LogP contribution in [0.25, 0.3) is 0 Å². The maximum Gasteiger partial charge on any atom is 0.416 e. The van der Waals surface area contributed by atoms with Gasteiger partial charge in [-0.1, -0.05) is 26.0 Å². The van der Waals surface area contributed by atoms with E-state index in [-0.39, 0.29) is 5.91 Å². The molecule has 3 nitrogen and oxygen atoms in total. The molecule has 7 heteroatoms. The molecule has 3 rings (SSSR count). The quantitative estimate of drug-likeness (QED) is 0.482. The monoisotopic (exact) mass is 419 g/mol. The van der Waals surface area contributed by atoms with Gasteiger partial charge in [0.05, 0.1) is 10.4 Å². The SMILES string of the molecule is CC(C)c1ccc(OCc2csc(C(=O)Nc3ccc(C(F)(F)F)cc3)c2)cc1. The fourth-order valence-corrected chi connectivity index (χ4v) is 3.41. The van der Waals surface area contributed by atoms with Gasteiger partial charge in [-0.05, 0) is 59.3 Å². The summed E-state index contributed by atoms with van der Waals surface area (Å²) in [6.45, 7) is 4.57. The third-order valence-electron chi connectivity index (χ3n) is 4.30. The molecule has 0 atom stereocenters. The summed E-state index contributed by atoms with van der Waals surface area (Å²) in [5, 5.41) is 4.43. The van der Waals surface area contributed by atoms with Crippen LogP contribution in [-0.4, -0.2) is 5.91 Å². The molecule has 0 radical (unpaired) electrons. The molecule has 0 aliphatic rings. The van der Waals surface area contributed by atoms with Crippen molar-refractivity contribution < 1.29 is 22.7 Å². The number of benzene rings is 2. The molecule has 1 aromatic heterocycles. The molecule has 0 aliphatic carbocycles. The van der Waals surface area contributed by atoms with E-state index in [0.29, 0.717) is 23.1 Å². The summed E-state index contributed by atoms with van der Waals surface area (Å²) in [7, 11) is 0. The van der Waals surface area contributed by atoms with Gasteiger partial charge in [-0.3, -0.25) is 4.79 Å². The molecule has 2 aromatic carbocycles. The van der Waals surface area contributed by atoms with E-state index in [1.807, 2.05) is 29.6 Å². The lowest BCUT2D eigenvalue weighted by Crippen LogP contribution is -2.11. The highest BCUT2D eigenvalue weighted by Crippen LogP contribution is 2.30. The maximum atomic E-state index is 12.6. The summed E-state index contributed by atoms with van der Waals surface area (Å²) in [6.07, 6.45) is -4.40. The normalized spacial score (nSPS) is 11.5. The zero-order valence-electron chi connectivity index (χ0n) is 15.9. The smallest absolute Gasteiger partial charge is 0.416 e. The van der Waals surface area contributed by atoms with Gasteiger partial charge < -0.3 is 10.1 Å². The van der Waals surface area contributed by atoms with Crippen molar-refractivity contribution in [3.05, 3.63) is 81.5 Å². The van der Waals surface area contributed by atoms with Crippen molar-refractivity contribution in [1.82, 2.24) is 0 Å². The van der Waals surface area contributed by atoms with Crippen molar-refractivity contribution >= 4 is 22.9 Å². The Kier molecular flexibility index (Phi) is 6.27. The number of hydrogen-bond donors (Lipinski definition) is 1. The van der Waals surface area contributed by atoms with Gasteiger partial charge in [0.2, 0.25) is 0 Å². The lowest BCUT2D eigenvalue weighted by atomic mass is 10.0. The highest BCUT2D eigenvalue weighted by molar-refractivity contribution is 7.12.